The lowest BCUT2D eigenvalue weighted by Crippen LogP contribution is -2.31. The van der Waals surface area contributed by atoms with Crippen LogP contribution in [0.1, 0.15) is 22.8 Å². The minimum Gasteiger partial charge on any atom is -0.367 e. The summed E-state index contributed by atoms with van der Waals surface area (Å²) >= 11 is 0. The van der Waals surface area contributed by atoms with E-state index in [1.165, 1.54) is 0 Å². The molecule has 0 aliphatic carbocycles. The lowest BCUT2D eigenvalue weighted by Gasteiger charge is -2.26. The van der Waals surface area contributed by atoms with Gasteiger partial charge in [0.25, 0.3) is 0 Å². The Bertz CT molecular complexity index is 518. The van der Waals surface area contributed by atoms with Crippen LogP contribution in [0.15, 0.2) is 54.6 Å². The average molecular weight is 241 g/mol. The van der Waals surface area contributed by atoms with Gasteiger partial charge in [-0.3, -0.25) is 4.79 Å². The van der Waals surface area contributed by atoms with Crippen LogP contribution < -0.4 is 5.32 Å². The number of nitrogens with one attached hydrogen (secondary N) is 1. The van der Waals surface area contributed by atoms with Crippen LogP contribution in [0.2, 0.25) is 0 Å². The predicted molar refractivity (Wildman–Crippen MR) is 71.5 cm³/mol. The molecule has 0 aliphatic heterocycles. The van der Waals surface area contributed by atoms with Crippen LogP contribution in [0.5, 0.6) is 0 Å². The van der Waals surface area contributed by atoms with Crippen LogP contribution in [0.3, 0.4) is 0 Å². The van der Waals surface area contributed by atoms with Gasteiger partial charge in [0.15, 0.2) is 5.72 Å². The SMILES string of the molecule is CC(O)(Nc1ccc(C=O)cc1)c1ccccc1. The van der Waals surface area contributed by atoms with Crippen LogP contribution in [-0.2, 0) is 5.72 Å². The Hall–Kier alpha value is -2.13. The molecule has 3 nitrogen and oxygen atoms in total. The van der Waals surface area contributed by atoms with E-state index in [1.54, 1.807) is 31.2 Å². The van der Waals surface area contributed by atoms with Gasteiger partial charge in [0.1, 0.15) is 6.29 Å². The molecule has 0 saturated carbocycles. The first-order valence-electron chi connectivity index (χ1n) is 5.73. The Morgan fingerprint density at radius 2 is 1.67 bits per heavy atom. The van der Waals surface area contributed by atoms with Crippen molar-refractivity contribution in [2.45, 2.75) is 12.6 Å². The summed E-state index contributed by atoms with van der Waals surface area (Å²) in [5, 5.41) is 13.4. The maximum absolute atomic E-state index is 10.6. The number of carbonyl (C=O) groups is 1. The van der Waals surface area contributed by atoms with E-state index in [2.05, 4.69) is 5.32 Å². The first-order chi connectivity index (χ1) is 8.62. The summed E-state index contributed by atoms with van der Waals surface area (Å²) in [4.78, 5) is 10.6. The number of aliphatic hydroxyl groups is 1. The van der Waals surface area contributed by atoms with Crippen LogP contribution >= 0.6 is 0 Å². The fraction of sp³-hybridized carbons (Fsp3) is 0.133. The predicted octanol–water partition coefficient (Wildman–Crippen LogP) is 2.78. The van der Waals surface area contributed by atoms with Crippen molar-refractivity contribution in [2.24, 2.45) is 0 Å². The smallest absolute Gasteiger partial charge is 0.159 e. The summed E-state index contributed by atoms with van der Waals surface area (Å²) in [6.45, 7) is 1.69. The molecule has 0 fully saturated rings. The Kier molecular flexibility index (Phi) is 3.44. The lowest BCUT2D eigenvalue weighted by atomic mass is 10.0. The number of hydrogen-bond donors (Lipinski definition) is 2. The van der Waals surface area contributed by atoms with E-state index in [4.69, 9.17) is 0 Å². The summed E-state index contributed by atoms with van der Waals surface area (Å²) < 4.78 is 0. The molecule has 2 N–H and O–H groups in total. The van der Waals surface area contributed by atoms with Crippen molar-refractivity contribution in [3.05, 3.63) is 65.7 Å². The maximum atomic E-state index is 10.6. The molecule has 0 aromatic heterocycles. The van der Waals surface area contributed by atoms with Crippen molar-refractivity contribution in [2.75, 3.05) is 5.32 Å². The highest BCUT2D eigenvalue weighted by atomic mass is 16.3. The molecular weight excluding hydrogens is 226 g/mol. The van der Waals surface area contributed by atoms with Gasteiger partial charge in [-0.05, 0) is 31.2 Å². The fourth-order valence-corrected chi connectivity index (χ4v) is 1.76. The van der Waals surface area contributed by atoms with E-state index in [0.717, 1.165) is 17.5 Å². The minimum absolute atomic E-state index is 0.611. The number of hydrogen-bond acceptors (Lipinski definition) is 3. The fourth-order valence-electron chi connectivity index (χ4n) is 1.76. The van der Waals surface area contributed by atoms with Crippen molar-refractivity contribution in [1.82, 2.24) is 0 Å². The van der Waals surface area contributed by atoms with Gasteiger partial charge >= 0.3 is 0 Å². The largest absolute Gasteiger partial charge is 0.367 e. The molecule has 0 spiro atoms. The molecular formula is C15H15NO2. The third kappa shape index (κ3) is 2.76. The summed E-state index contributed by atoms with van der Waals surface area (Å²) in [6, 6.07) is 16.3. The summed E-state index contributed by atoms with van der Waals surface area (Å²) in [6.07, 6.45) is 0.791. The Morgan fingerprint density at radius 3 is 2.22 bits per heavy atom. The highest BCUT2D eigenvalue weighted by molar-refractivity contribution is 5.75. The molecule has 0 radical (unpaired) electrons. The van der Waals surface area contributed by atoms with Gasteiger partial charge in [-0.1, -0.05) is 30.3 Å². The summed E-state index contributed by atoms with van der Waals surface area (Å²) in [5.74, 6) is 0. The molecule has 3 heteroatoms. The zero-order valence-corrected chi connectivity index (χ0v) is 10.1. The van der Waals surface area contributed by atoms with E-state index >= 15 is 0 Å². The average Bonchev–Trinajstić information content (AvgIpc) is 2.40. The quantitative estimate of drug-likeness (QED) is 0.639. The molecule has 0 heterocycles. The number of anilines is 1. The number of benzene rings is 2. The van der Waals surface area contributed by atoms with Crippen molar-refractivity contribution in [3.8, 4) is 0 Å². The second kappa shape index (κ2) is 5.02. The van der Waals surface area contributed by atoms with Crippen LogP contribution in [-0.4, -0.2) is 11.4 Å². The topological polar surface area (TPSA) is 49.3 Å². The normalized spacial score (nSPS) is 13.7. The molecule has 0 amide bonds. The molecule has 2 rings (SSSR count). The van der Waals surface area contributed by atoms with Gasteiger partial charge in [-0.2, -0.15) is 0 Å². The van der Waals surface area contributed by atoms with E-state index in [1.807, 2.05) is 30.3 Å². The molecule has 1 atom stereocenters. The summed E-state index contributed by atoms with van der Waals surface area (Å²) in [5.41, 5.74) is 1.00. The second-order valence-electron chi connectivity index (χ2n) is 4.30. The molecule has 0 aliphatic rings. The van der Waals surface area contributed by atoms with Gasteiger partial charge in [-0.25, -0.2) is 0 Å². The second-order valence-corrected chi connectivity index (χ2v) is 4.30. The van der Waals surface area contributed by atoms with Crippen molar-refractivity contribution in [3.63, 3.8) is 0 Å². The molecule has 92 valence electrons. The standard InChI is InChI=1S/C15H15NO2/c1-15(18,13-5-3-2-4-6-13)16-14-9-7-12(11-17)8-10-14/h2-11,16,18H,1H3. The maximum Gasteiger partial charge on any atom is 0.159 e. The van der Waals surface area contributed by atoms with Crippen molar-refractivity contribution >= 4 is 12.0 Å². The molecule has 0 saturated heterocycles. The lowest BCUT2D eigenvalue weighted by molar-refractivity contribution is 0.0888. The van der Waals surface area contributed by atoms with E-state index < -0.39 is 5.72 Å². The number of aldehydes is 1. The zero-order chi connectivity index (χ0) is 13.0. The Labute approximate surface area is 106 Å². The summed E-state index contributed by atoms with van der Waals surface area (Å²) in [7, 11) is 0. The van der Waals surface area contributed by atoms with E-state index in [0.29, 0.717) is 5.56 Å². The molecule has 2 aromatic rings. The molecule has 2 aromatic carbocycles. The van der Waals surface area contributed by atoms with E-state index in [9.17, 15) is 9.90 Å². The zero-order valence-electron chi connectivity index (χ0n) is 10.1. The first-order valence-corrected chi connectivity index (χ1v) is 5.73. The van der Waals surface area contributed by atoms with Gasteiger partial charge in [-0.15, -0.1) is 0 Å². The van der Waals surface area contributed by atoms with Crippen LogP contribution in [0.25, 0.3) is 0 Å². The number of rotatable bonds is 4. The molecule has 1 unspecified atom stereocenters. The van der Waals surface area contributed by atoms with Crippen LogP contribution in [0, 0.1) is 0 Å². The minimum atomic E-state index is -1.15. The molecule has 0 bridgehead atoms. The highest BCUT2D eigenvalue weighted by Crippen LogP contribution is 2.23. The van der Waals surface area contributed by atoms with Gasteiger partial charge in [0, 0.05) is 16.8 Å². The third-order valence-corrected chi connectivity index (χ3v) is 2.77. The monoisotopic (exact) mass is 241 g/mol. The van der Waals surface area contributed by atoms with E-state index in [-0.39, 0.29) is 0 Å². The number of carbonyl (C=O) groups excluding carboxylic acids is 1. The van der Waals surface area contributed by atoms with Gasteiger partial charge in [0.05, 0.1) is 0 Å². The molecule has 18 heavy (non-hydrogen) atoms. The van der Waals surface area contributed by atoms with Crippen molar-refractivity contribution in [1.29, 1.82) is 0 Å². The first kappa shape index (κ1) is 12.3. The Balaban J connectivity index is 2.19. The van der Waals surface area contributed by atoms with Crippen LogP contribution in [0.4, 0.5) is 5.69 Å². The van der Waals surface area contributed by atoms with Gasteiger partial charge in [0.2, 0.25) is 0 Å². The van der Waals surface area contributed by atoms with Gasteiger partial charge < -0.3 is 10.4 Å². The van der Waals surface area contributed by atoms with Crippen molar-refractivity contribution < 1.29 is 9.90 Å². The Morgan fingerprint density at radius 1 is 1.06 bits per heavy atom. The highest BCUT2D eigenvalue weighted by Gasteiger charge is 2.21. The third-order valence-electron chi connectivity index (χ3n) is 2.77.